The third kappa shape index (κ3) is 2.51. The molecule has 90 valence electrons. The number of rotatable bonds is 5. The van der Waals surface area contributed by atoms with E-state index in [-0.39, 0.29) is 6.61 Å². The van der Waals surface area contributed by atoms with Gasteiger partial charge in [0.1, 0.15) is 0 Å². The lowest BCUT2D eigenvalue weighted by Gasteiger charge is -2.20. The van der Waals surface area contributed by atoms with E-state index in [4.69, 9.17) is 5.11 Å². The molecule has 1 fully saturated rings. The van der Waals surface area contributed by atoms with Crippen molar-refractivity contribution in [2.24, 2.45) is 0 Å². The summed E-state index contributed by atoms with van der Waals surface area (Å²) in [5.74, 6) is 0. The van der Waals surface area contributed by atoms with Crippen LogP contribution in [0.5, 0.6) is 0 Å². The summed E-state index contributed by atoms with van der Waals surface area (Å²) in [6.07, 6.45) is 4.31. The Balaban J connectivity index is 1.79. The van der Waals surface area contributed by atoms with Crippen molar-refractivity contribution < 1.29 is 5.11 Å². The number of anilines is 1. The molecular weight excluding hydrogens is 252 g/mol. The maximum Gasteiger partial charge on any atom is 0.186 e. The molecule has 1 N–H and O–H groups in total. The average molecular weight is 266 g/mol. The Morgan fingerprint density at radius 2 is 2.29 bits per heavy atom. The Hall–Kier alpha value is -0.910. The van der Waals surface area contributed by atoms with Crippen LogP contribution < -0.4 is 4.90 Å². The van der Waals surface area contributed by atoms with Crippen LogP contribution in [0.4, 0.5) is 5.13 Å². The van der Waals surface area contributed by atoms with Crippen molar-refractivity contribution in [3.05, 3.63) is 33.5 Å². The molecule has 0 unspecified atom stereocenters. The second kappa shape index (κ2) is 4.76. The van der Waals surface area contributed by atoms with Gasteiger partial charge in [0.15, 0.2) is 5.13 Å². The number of hydrogen-bond acceptors (Lipinski definition) is 5. The van der Waals surface area contributed by atoms with Crippen molar-refractivity contribution in [2.45, 2.75) is 32.0 Å². The Bertz CT molecular complexity index is 476. The van der Waals surface area contributed by atoms with E-state index in [1.54, 1.807) is 28.9 Å². The van der Waals surface area contributed by atoms with Gasteiger partial charge >= 0.3 is 0 Å². The monoisotopic (exact) mass is 266 g/mol. The van der Waals surface area contributed by atoms with Crippen LogP contribution in [0.1, 0.15) is 22.6 Å². The molecule has 0 aliphatic heterocycles. The van der Waals surface area contributed by atoms with Crippen LogP contribution in [-0.2, 0) is 13.2 Å². The molecule has 0 aromatic carbocycles. The van der Waals surface area contributed by atoms with Crippen LogP contribution in [0, 0.1) is 0 Å². The lowest BCUT2D eigenvalue weighted by molar-refractivity contribution is 0.285. The molecule has 0 spiro atoms. The van der Waals surface area contributed by atoms with E-state index in [1.165, 1.54) is 17.7 Å². The maximum absolute atomic E-state index is 9.10. The minimum atomic E-state index is 0.0924. The highest BCUT2D eigenvalue weighted by Crippen LogP contribution is 2.35. The first-order valence-corrected chi connectivity index (χ1v) is 7.41. The highest BCUT2D eigenvalue weighted by molar-refractivity contribution is 7.15. The minimum Gasteiger partial charge on any atom is -0.391 e. The van der Waals surface area contributed by atoms with Crippen LogP contribution >= 0.6 is 22.7 Å². The second-order valence-electron chi connectivity index (χ2n) is 4.21. The predicted molar refractivity (Wildman–Crippen MR) is 71.6 cm³/mol. The Labute approximate surface area is 108 Å². The van der Waals surface area contributed by atoms with Gasteiger partial charge in [0.2, 0.25) is 0 Å². The quantitative estimate of drug-likeness (QED) is 0.904. The maximum atomic E-state index is 9.10. The highest BCUT2D eigenvalue weighted by atomic mass is 32.1. The van der Waals surface area contributed by atoms with E-state index in [2.05, 4.69) is 27.4 Å². The molecular formula is C12H14N2OS2. The summed E-state index contributed by atoms with van der Waals surface area (Å²) in [4.78, 5) is 9.10. The van der Waals surface area contributed by atoms with Crippen LogP contribution in [-0.4, -0.2) is 16.1 Å². The van der Waals surface area contributed by atoms with Crippen molar-refractivity contribution in [1.82, 2.24) is 4.98 Å². The summed E-state index contributed by atoms with van der Waals surface area (Å²) >= 11 is 3.39. The molecule has 3 rings (SSSR count). The average Bonchev–Trinajstić information content (AvgIpc) is 2.88. The van der Waals surface area contributed by atoms with Crippen molar-refractivity contribution in [2.75, 3.05) is 4.90 Å². The molecule has 3 nitrogen and oxygen atoms in total. The molecule has 5 heteroatoms. The lowest BCUT2D eigenvalue weighted by atomic mass is 10.4. The molecule has 1 saturated carbocycles. The molecule has 0 amide bonds. The van der Waals surface area contributed by atoms with Crippen LogP contribution in [0.2, 0.25) is 0 Å². The first-order valence-electron chi connectivity index (χ1n) is 5.71. The van der Waals surface area contributed by atoms with E-state index < -0.39 is 0 Å². The molecule has 17 heavy (non-hydrogen) atoms. The highest BCUT2D eigenvalue weighted by Gasteiger charge is 2.31. The first-order chi connectivity index (χ1) is 8.36. The van der Waals surface area contributed by atoms with Gasteiger partial charge in [-0.2, -0.15) is 0 Å². The van der Waals surface area contributed by atoms with Gasteiger partial charge in [0.25, 0.3) is 0 Å². The lowest BCUT2D eigenvalue weighted by Crippen LogP contribution is -2.24. The van der Waals surface area contributed by atoms with E-state index in [9.17, 15) is 0 Å². The molecule has 2 aromatic rings. The molecule has 0 radical (unpaired) electrons. The third-order valence-electron chi connectivity index (χ3n) is 2.84. The Kier molecular flexibility index (Phi) is 3.13. The topological polar surface area (TPSA) is 36.4 Å². The number of thiazole rings is 1. The van der Waals surface area contributed by atoms with Gasteiger partial charge in [0.05, 0.1) is 18.0 Å². The molecule has 0 atom stereocenters. The molecule has 0 bridgehead atoms. The van der Waals surface area contributed by atoms with E-state index in [0.717, 1.165) is 16.6 Å². The molecule has 2 heterocycles. The van der Waals surface area contributed by atoms with Crippen molar-refractivity contribution >= 4 is 27.8 Å². The van der Waals surface area contributed by atoms with Gasteiger partial charge in [-0.15, -0.1) is 11.3 Å². The van der Waals surface area contributed by atoms with Gasteiger partial charge < -0.3 is 10.0 Å². The van der Waals surface area contributed by atoms with Crippen molar-refractivity contribution in [1.29, 1.82) is 0 Å². The Morgan fingerprint density at radius 1 is 1.41 bits per heavy atom. The summed E-state index contributed by atoms with van der Waals surface area (Å²) in [6.45, 7) is 1.04. The van der Waals surface area contributed by atoms with Gasteiger partial charge in [-0.25, -0.2) is 4.98 Å². The van der Waals surface area contributed by atoms with Gasteiger partial charge in [-0.1, -0.05) is 17.4 Å². The van der Waals surface area contributed by atoms with Crippen LogP contribution in [0.25, 0.3) is 0 Å². The first kappa shape index (κ1) is 11.2. The number of nitrogens with zero attached hydrogens (tertiary/aromatic N) is 2. The number of aromatic nitrogens is 1. The summed E-state index contributed by atoms with van der Waals surface area (Å²) in [7, 11) is 0. The van der Waals surface area contributed by atoms with E-state index >= 15 is 0 Å². The van der Waals surface area contributed by atoms with Gasteiger partial charge in [-0.05, 0) is 24.3 Å². The zero-order valence-electron chi connectivity index (χ0n) is 9.37. The summed E-state index contributed by atoms with van der Waals surface area (Å²) in [6, 6.07) is 4.90. The number of hydrogen-bond donors (Lipinski definition) is 1. The van der Waals surface area contributed by atoms with E-state index in [1.807, 2.05) is 0 Å². The second-order valence-corrected chi connectivity index (χ2v) is 6.33. The van der Waals surface area contributed by atoms with Gasteiger partial charge in [-0.3, -0.25) is 0 Å². The van der Waals surface area contributed by atoms with Gasteiger partial charge in [0, 0.05) is 17.1 Å². The van der Waals surface area contributed by atoms with Crippen LogP contribution in [0.3, 0.4) is 0 Å². The van der Waals surface area contributed by atoms with E-state index in [0.29, 0.717) is 6.04 Å². The van der Waals surface area contributed by atoms with Crippen molar-refractivity contribution in [3.8, 4) is 0 Å². The summed E-state index contributed by atoms with van der Waals surface area (Å²) < 4.78 is 0. The molecule has 2 aromatic heterocycles. The number of thiophene rings is 1. The smallest absolute Gasteiger partial charge is 0.186 e. The SMILES string of the molecule is OCc1cnc(N(Cc2cccs2)C2CC2)s1. The fraction of sp³-hybridized carbons (Fsp3) is 0.417. The Morgan fingerprint density at radius 3 is 2.88 bits per heavy atom. The van der Waals surface area contributed by atoms with Crippen molar-refractivity contribution in [3.63, 3.8) is 0 Å². The largest absolute Gasteiger partial charge is 0.391 e. The molecule has 0 saturated heterocycles. The molecule has 1 aliphatic rings. The third-order valence-corrected chi connectivity index (χ3v) is 4.72. The molecule has 1 aliphatic carbocycles. The normalized spacial score (nSPS) is 15.1. The minimum absolute atomic E-state index is 0.0924. The fourth-order valence-electron chi connectivity index (χ4n) is 1.81. The number of aliphatic hydroxyl groups excluding tert-OH is 1. The van der Waals surface area contributed by atoms with Crippen LogP contribution in [0.15, 0.2) is 23.7 Å². The summed E-state index contributed by atoms with van der Waals surface area (Å²) in [5.41, 5.74) is 0. The fourth-order valence-corrected chi connectivity index (χ4v) is 3.36. The zero-order valence-corrected chi connectivity index (χ0v) is 11.0. The summed E-state index contributed by atoms with van der Waals surface area (Å²) in [5, 5.41) is 12.3. The zero-order chi connectivity index (χ0) is 11.7. The number of aliphatic hydroxyl groups is 1. The predicted octanol–water partition coefficient (Wildman–Crippen LogP) is 2.87. The standard InChI is InChI=1S/C12H14N2OS2/c15-8-11-6-13-12(17-11)14(9-3-4-9)7-10-2-1-5-16-10/h1-2,5-6,9,15H,3-4,7-8H2.